The van der Waals surface area contributed by atoms with Crippen LogP contribution in [0.25, 0.3) is 5.57 Å². The molecule has 0 aromatic heterocycles. The second-order valence-electron chi connectivity index (χ2n) is 6.96. The number of rotatable bonds is 7. The number of benzene rings is 3. The Morgan fingerprint density at radius 1 is 0.938 bits per heavy atom. The van der Waals surface area contributed by atoms with Crippen LogP contribution in [0.15, 0.2) is 78.5 Å². The number of amides is 2. The predicted octanol–water partition coefficient (Wildman–Crippen LogP) is 4.63. The first-order chi connectivity index (χ1) is 15.5. The highest BCUT2D eigenvalue weighted by Crippen LogP contribution is 2.38. The SMILES string of the molecule is CCOc1ccccc1N1C(=O)C(Nc2cccc(F)c2)=C(c2ccc(OC)cc2)C1=O. The van der Waals surface area contributed by atoms with Crippen LogP contribution in [-0.4, -0.2) is 25.5 Å². The number of carbonyl (C=O) groups is 2. The lowest BCUT2D eigenvalue weighted by Gasteiger charge is -2.19. The Balaban J connectivity index is 1.83. The number of halogens is 1. The van der Waals surface area contributed by atoms with Gasteiger partial charge < -0.3 is 14.8 Å². The summed E-state index contributed by atoms with van der Waals surface area (Å²) >= 11 is 0. The standard InChI is InChI=1S/C25H21FN2O4/c1-3-32-21-10-5-4-9-20(21)28-24(29)22(16-11-13-19(31-2)14-12-16)23(25(28)30)27-18-8-6-7-17(26)15-18/h4-15,27H,3H2,1-2H3. The number of ether oxygens (including phenoxy) is 2. The number of anilines is 2. The molecule has 4 rings (SSSR count). The maximum Gasteiger partial charge on any atom is 0.282 e. The summed E-state index contributed by atoms with van der Waals surface area (Å²) in [6.45, 7) is 2.20. The van der Waals surface area contributed by atoms with Gasteiger partial charge in [-0.15, -0.1) is 0 Å². The van der Waals surface area contributed by atoms with Crippen LogP contribution in [0.1, 0.15) is 12.5 Å². The van der Waals surface area contributed by atoms with E-state index in [1.54, 1.807) is 61.7 Å². The number of nitrogens with one attached hydrogen (secondary N) is 1. The first-order valence-electron chi connectivity index (χ1n) is 10.1. The fraction of sp³-hybridized carbons (Fsp3) is 0.120. The normalized spacial score (nSPS) is 13.5. The van der Waals surface area contributed by atoms with E-state index in [-0.39, 0.29) is 11.3 Å². The molecule has 1 aliphatic heterocycles. The van der Waals surface area contributed by atoms with Gasteiger partial charge in [-0.1, -0.05) is 30.3 Å². The third-order valence-corrected chi connectivity index (χ3v) is 4.96. The molecule has 2 amide bonds. The molecule has 7 heteroatoms. The highest BCUT2D eigenvalue weighted by atomic mass is 19.1. The number of hydrogen-bond acceptors (Lipinski definition) is 5. The van der Waals surface area contributed by atoms with Gasteiger partial charge in [-0.25, -0.2) is 9.29 Å². The molecule has 1 N–H and O–H groups in total. The van der Waals surface area contributed by atoms with E-state index in [4.69, 9.17) is 9.47 Å². The van der Waals surface area contributed by atoms with Crippen molar-refractivity contribution in [3.63, 3.8) is 0 Å². The molecule has 3 aromatic rings. The molecule has 0 fully saturated rings. The van der Waals surface area contributed by atoms with Crippen LogP contribution in [0.3, 0.4) is 0 Å². The number of imide groups is 1. The second kappa shape index (κ2) is 8.93. The molecule has 0 bridgehead atoms. The average molecular weight is 432 g/mol. The van der Waals surface area contributed by atoms with Crippen LogP contribution < -0.4 is 19.7 Å². The van der Waals surface area contributed by atoms with Crippen molar-refractivity contribution in [3.8, 4) is 11.5 Å². The molecule has 0 aliphatic carbocycles. The molecule has 1 heterocycles. The van der Waals surface area contributed by atoms with E-state index in [2.05, 4.69) is 5.32 Å². The number of para-hydroxylation sites is 2. The summed E-state index contributed by atoms with van der Waals surface area (Å²) in [5.41, 5.74) is 1.45. The smallest absolute Gasteiger partial charge is 0.282 e. The van der Waals surface area contributed by atoms with Crippen LogP contribution in [-0.2, 0) is 9.59 Å². The Morgan fingerprint density at radius 2 is 1.69 bits per heavy atom. The Kier molecular flexibility index (Phi) is 5.89. The zero-order valence-corrected chi connectivity index (χ0v) is 17.6. The first kappa shape index (κ1) is 21.1. The van der Waals surface area contributed by atoms with E-state index < -0.39 is 17.6 Å². The zero-order valence-electron chi connectivity index (χ0n) is 17.6. The molecular formula is C25H21FN2O4. The zero-order chi connectivity index (χ0) is 22.7. The lowest BCUT2D eigenvalue weighted by atomic mass is 10.0. The van der Waals surface area contributed by atoms with Crippen molar-refractivity contribution >= 4 is 28.8 Å². The van der Waals surface area contributed by atoms with Crippen molar-refractivity contribution in [3.05, 3.63) is 89.9 Å². The van der Waals surface area contributed by atoms with Crippen LogP contribution in [0, 0.1) is 5.82 Å². The van der Waals surface area contributed by atoms with Gasteiger partial charge >= 0.3 is 0 Å². The van der Waals surface area contributed by atoms with E-state index >= 15 is 0 Å². The van der Waals surface area contributed by atoms with Crippen molar-refractivity contribution in [1.29, 1.82) is 0 Å². The molecule has 3 aromatic carbocycles. The summed E-state index contributed by atoms with van der Waals surface area (Å²) in [5, 5.41) is 2.95. The topological polar surface area (TPSA) is 67.9 Å². The van der Waals surface area contributed by atoms with Crippen LogP contribution >= 0.6 is 0 Å². The third kappa shape index (κ3) is 3.92. The molecule has 0 saturated heterocycles. The van der Waals surface area contributed by atoms with Crippen molar-refractivity contribution in [2.75, 3.05) is 23.9 Å². The van der Waals surface area contributed by atoms with E-state index in [1.807, 2.05) is 6.92 Å². The molecule has 0 unspecified atom stereocenters. The molecular weight excluding hydrogens is 411 g/mol. The Labute approximate surface area is 184 Å². The first-order valence-corrected chi connectivity index (χ1v) is 10.1. The Hall–Kier alpha value is -4.13. The Morgan fingerprint density at radius 3 is 2.38 bits per heavy atom. The summed E-state index contributed by atoms with van der Waals surface area (Å²) in [6.07, 6.45) is 0. The number of methoxy groups -OCH3 is 1. The van der Waals surface area contributed by atoms with E-state index in [0.717, 1.165) is 4.90 Å². The van der Waals surface area contributed by atoms with Gasteiger partial charge in [0.25, 0.3) is 11.8 Å². The number of nitrogens with zero attached hydrogens (tertiary/aromatic N) is 1. The third-order valence-electron chi connectivity index (χ3n) is 4.96. The van der Waals surface area contributed by atoms with E-state index in [0.29, 0.717) is 35.0 Å². The van der Waals surface area contributed by atoms with Gasteiger partial charge in [0, 0.05) is 5.69 Å². The van der Waals surface area contributed by atoms with Gasteiger partial charge in [-0.3, -0.25) is 9.59 Å². The van der Waals surface area contributed by atoms with Crippen LogP contribution in [0.4, 0.5) is 15.8 Å². The quantitative estimate of drug-likeness (QED) is 0.552. The van der Waals surface area contributed by atoms with Crippen molar-refractivity contribution in [1.82, 2.24) is 0 Å². The van der Waals surface area contributed by atoms with Crippen molar-refractivity contribution in [2.24, 2.45) is 0 Å². The molecule has 0 saturated carbocycles. The van der Waals surface area contributed by atoms with Crippen molar-refractivity contribution in [2.45, 2.75) is 6.92 Å². The summed E-state index contributed by atoms with van der Waals surface area (Å²) in [5.74, 6) is -0.498. The van der Waals surface area contributed by atoms with E-state index in [1.165, 1.54) is 18.2 Å². The largest absolute Gasteiger partial charge is 0.497 e. The highest BCUT2D eigenvalue weighted by molar-refractivity contribution is 6.46. The lowest BCUT2D eigenvalue weighted by molar-refractivity contribution is -0.120. The average Bonchev–Trinajstić information content (AvgIpc) is 3.04. The van der Waals surface area contributed by atoms with Gasteiger partial charge in [-0.05, 0) is 55.0 Å². The molecule has 162 valence electrons. The van der Waals surface area contributed by atoms with Gasteiger partial charge in [0.05, 0.1) is 25.0 Å². The molecule has 32 heavy (non-hydrogen) atoms. The molecule has 0 atom stereocenters. The number of hydrogen-bond donors (Lipinski definition) is 1. The minimum atomic E-state index is -0.558. The maximum atomic E-state index is 13.7. The van der Waals surface area contributed by atoms with Gasteiger partial charge in [0.1, 0.15) is 23.0 Å². The lowest BCUT2D eigenvalue weighted by Crippen LogP contribution is -2.32. The summed E-state index contributed by atoms with van der Waals surface area (Å²) < 4.78 is 24.6. The Bertz CT molecular complexity index is 1200. The molecule has 1 aliphatic rings. The fourth-order valence-electron chi connectivity index (χ4n) is 3.52. The van der Waals surface area contributed by atoms with Gasteiger partial charge in [0.15, 0.2) is 0 Å². The highest BCUT2D eigenvalue weighted by Gasteiger charge is 2.41. The minimum absolute atomic E-state index is 0.0528. The summed E-state index contributed by atoms with van der Waals surface area (Å²) in [4.78, 5) is 28.1. The minimum Gasteiger partial charge on any atom is -0.497 e. The monoisotopic (exact) mass is 432 g/mol. The van der Waals surface area contributed by atoms with Crippen molar-refractivity contribution < 1.29 is 23.5 Å². The predicted molar refractivity (Wildman–Crippen MR) is 120 cm³/mol. The fourth-order valence-corrected chi connectivity index (χ4v) is 3.52. The van der Waals surface area contributed by atoms with Crippen LogP contribution in [0.2, 0.25) is 0 Å². The summed E-state index contributed by atoms with van der Waals surface area (Å²) in [7, 11) is 1.54. The summed E-state index contributed by atoms with van der Waals surface area (Å²) in [6, 6.07) is 19.4. The van der Waals surface area contributed by atoms with Crippen LogP contribution in [0.5, 0.6) is 11.5 Å². The molecule has 6 nitrogen and oxygen atoms in total. The second-order valence-corrected chi connectivity index (χ2v) is 6.96. The maximum absolute atomic E-state index is 13.7. The van der Waals surface area contributed by atoms with E-state index in [9.17, 15) is 14.0 Å². The van der Waals surface area contributed by atoms with Gasteiger partial charge in [0.2, 0.25) is 0 Å². The van der Waals surface area contributed by atoms with Gasteiger partial charge in [-0.2, -0.15) is 0 Å². The molecule has 0 spiro atoms. The molecule has 0 radical (unpaired) electrons. The number of carbonyl (C=O) groups excluding carboxylic acids is 2.